The van der Waals surface area contributed by atoms with E-state index in [0.29, 0.717) is 24.0 Å². The van der Waals surface area contributed by atoms with Gasteiger partial charge in [0, 0.05) is 12.5 Å². The lowest BCUT2D eigenvalue weighted by Crippen LogP contribution is -2.32. The minimum Gasteiger partial charge on any atom is -0.375 e. The highest BCUT2D eigenvalue weighted by Gasteiger charge is 2.36. The van der Waals surface area contributed by atoms with Gasteiger partial charge in [-0.3, -0.25) is 0 Å². The molecule has 0 aromatic carbocycles. The molecule has 2 N–H and O–H groups in total. The lowest BCUT2D eigenvalue weighted by atomic mass is 9.89. The molecule has 0 amide bonds. The van der Waals surface area contributed by atoms with Crippen LogP contribution >= 0.6 is 0 Å². The molecule has 1 heterocycles. The van der Waals surface area contributed by atoms with E-state index in [0.717, 1.165) is 26.2 Å². The molecule has 16 heavy (non-hydrogen) atoms. The van der Waals surface area contributed by atoms with Crippen molar-refractivity contribution in [3.8, 4) is 0 Å². The Bertz CT molecular complexity index is 187. The van der Waals surface area contributed by atoms with Crippen LogP contribution in [0, 0.1) is 11.8 Å². The molecular weight excluding hydrogens is 200 g/mol. The van der Waals surface area contributed by atoms with Crippen molar-refractivity contribution in [3.05, 3.63) is 0 Å². The SMILES string of the molecule is CCNCCCNCC1C(C)OC(C)C1C. The minimum absolute atomic E-state index is 0.409. The van der Waals surface area contributed by atoms with Crippen molar-refractivity contribution in [1.82, 2.24) is 10.6 Å². The summed E-state index contributed by atoms with van der Waals surface area (Å²) in [7, 11) is 0. The molecule has 96 valence electrons. The first kappa shape index (κ1) is 13.9. The molecule has 0 aliphatic carbocycles. The van der Waals surface area contributed by atoms with Crippen LogP contribution in [0.25, 0.3) is 0 Å². The summed E-state index contributed by atoms with van der Waals surface area (Å²) in [6, 6.07) is 0. The van der Waals surface area contributed by atoms with Gasteiger partial charge in [0.1, 0.15) is 0 Å². The summed E-state index contributed by atoms with van der Waals surface area (Å²) in [5.41, 5.74) is 0. The average molecular weight is 228 g/mol. The van der Waals surface area contributed by atoms with Crippen molar-refractivity contribution in [3.63, 3.8) is 0 Å². The molecule has 1 aliphatic rings. The highest BCUT2D eigenvalue weighted by molar-refractivity contribution is 4.85. The van der Waals surface area contributed by atoms with Crippen LogP contribution in [-0.2, 0) is 4.74 Å². The van der Waals surface area contributed by atoms with E-state index >= 15 is 0 Å². The van der Waals surface area contributed by atoms with Crippen molar-refractivity contribution in [1.29, 1.82) is 0 Å². The summed E-state index contributed by atoms with van der Waals surface area (Å²) < 4.78 is 5.83. The zero-order valence-corrected chi connectivity index (χ0v) is 11.3. The summed E-state index contributed by atoms with van der Waals surface area (Å²) in [6.07, 6.45) is 2.04. The molecule has 1 aliphatic heterocycles. The Kier molecular flexibility index (Phi) is 6.32. The maximum Gasteiger partial charge on any atom is 0.0594 e. The fraction of sp³-hybridized carbons (Fsp3) is 1.00. The predicted molar refractivity (Wildman–Crippen MR) is 68.7 cm³/mol. The van der Waals surface area contributed by atoms with E-state index in [9.17, 15) is 0 Å². The number of hydrogen-bond donors (Lipinski definition) is 2. The molecule has 4 unspecified atom stereocenters. The molecule has 0 bridgehead atoms. The standard InChI is InChI=1S/C13H28N2O/c1-5-14-7-6-8-15-9-13-10(2)11(3)16-12(13)4/h10-15H,5-9H2,1-4H3. The number of hydrogen-bond acceptors (Lipinski definition) is 3. The molecule has 1 rings (SSSR count). The smallest absolute Gasteiger partial charge is 0.0594 e. The number of nitrogens with one attached hydrogen (secondary N) is 2. The first-order chi connectivity index (χ1) is 7.66. The van der Waals surface area contributed by atoms with Gasteiger partial charge in [0.2, 0.25) is 0 Å². The van der Waals surface area contributed by atoms with E-state index < -0.39 is 0 Å². The summed E-state index contributed by atoms with van der Waals surface area (Å²) in [5.74, 6) is 1.35. The topological polar surface area (TPSA) is 33.3 Å². The second kappa shape index (κ2) is 7.25. The molecule has 0 aromatic heterocycles. The first-order valence-electron chi connectivity index (χ1n) is 6.73. The summed E-state index contributed by atoms with van der Waals surface area (Å²) in [4.78, 5) is 0. The Balaban J connectivity index is 2.08. The molecule has 0 radical (unpaired) electrons. The third kappa shape index (κ3) is 4.04. The van der Waals surface area contributed by atoms with E-state index in [1.807, 2.05) is 0 Å². The van der Waals surface area contributed by atoms with Crippen molar-refractivity contribution in [2.45, 2.75) is 46.3 Å². The van der Waals surface area contributed by atoms with Crippen LogP contribution in [0.2, 0.25) is 0 Å². The highest BCUT2D eigenvalue weighted by Crippen LogP contribution is 2.31. The maximum absolute atomic E-state index is 5.83. The molecule has 4 atom stereocenters. The van der Waals surface area contributed by atoms with Crippen molar-refractivity contribution in [2.75, 3.05) is 26.2 Å². The Morgan fingerprint density at radius 3 is 2.25 bits per heavy atom. The lowest BCUT2D eigenvalue weighted by Gasteiger charge is -2.18. The van der Waals surface area contributed by atoms with E-state index in [-0.39, 0.29) is 0 Å². The van der Waals surface area contributed by atoms with Gasteiger partial charge < -0.3 is 15.4 Å². The van der Waals surface area contributed by atoms with E-state index in [1.54, 1.807) is 0 Å². The molecule has 1 fully saturated rings. The maximum atomic E-state index is 5.83. The van der Waals surface area contributed by atoms with E-state index in [4.69, 9.17) is 4.74 Å². The normalized spacial score (nSPS) is 34.5. The van der Waals surface area contributed by atoms with Crippen molar-refractivity contribution in [2.24, 2.45) is 11.8 Å². The third-order valence-electron chi connectivity index (χ3n) is 3.79. The molecule has 0 spiro atoms. The molecule has 3 nitrogen and oxygen atoms in total. The van der Waals surface area contributed by atoms with Gasteiger partial charge in [0.05, 0.1) is 12.2 Å². The van der Waals surface area contributed by atoms with Gasteiger partial charge in [-0.2, -0.15) is 0 Å². The molecule has 0 aromatic rings. The van der Waals surface area contributed by atoms with Gasteiger partial charge in [0.25, 0.3) is 0 Å². The first-order valence-corrected chi connectivity index (χ1v) is 6.73. The van der Waals surface area contributed by atoms with Gasteiger partial charge in [-0.1, -0.05) is 13.8 Å². The fourth-order valence-corrected chi connectivity index (χ4v) is 2.47. The van der Waals surface area contributed by atoms with Crippen LogP contribution in [0.4, 0.5) is 0 Å². The van der Waals surface area contributed by atoms with Gasteiger partial charge in [0.15, 0.2) is 0 Å². The molecule has 0 saturated carbocycles. The van der Waals surface area contributed by atoms with Crippen LogP contribution < -0.4 is 10.6 Å². The Morgan fingerprint density at radius 1 is 1.00 bits per heavy atom. The van der Waals surface area contributed by atoms with Crippen LogP contribution in [0.1, 0.15) is 34.1 Å². The number of rotatable bonds is 7. The number of ether oxygens (including phenoxy) is 1. The Labute approximate surface area is 100 Å². The molecule has 3 heteroatoms. The quantitative estimate of drug-likeness (QED) is 0.650. The van der Waals surface area contributed by atoms with Gasteiger partial charge in [-0.15, -0.1) is 0 Å². The zero-order valence-electron chi connectivity index (χ0n) is 11.3. The Morgan fingerprint density at radius 2 is 1.69 bits per heavy atom. The summed E-state index contributed by atoms with van der Waals surface area (Å²) in [5, 5.41) is 6.88. The average Bonchev–Trinajstić information content (AvgIpc) is 2.49. The monoisotopic (exact) mass is 228 g/mol. The predicted octanol–water partition coefficient (Wildman–Crippen LogP) is 1.64. The largest absolute Gasteiger partial charge is 0.375 e. The second-order valence-corrected chi connectivity index (χ2v) is 4.98. The van der Waals surface area contributed by atoms with Gasteiger partial charge >= 0.3 is 0 Å². The third-order valence-corrected chi connectivity index (χ3v) is 3.79. The Hall–Kier alpha value is -0.120. The van der Waals surface area contributed by atoms with Crippen molar-refractivity contribution >= 4 is 0 Å². The fourth-order valence-electron chi connectivity index (χ4n) is 2.47. The second-order valence-electron chi connectivity index (χ2n) is 4.98. The molecular formula is C13H28N2O. The highest BCUT2D eigenvalue weighted by atomic mass is 16.5. The minimum atomic E-state index is 0.409. The van der Waals surface area contributed by atoms with Crippen LogP contribution in [-0.4, -0.2) is 38.4 Å². The lowest BCUT2D eigenvalue weighted by molar-refractivity contribution is 0.0511. The van der Waals surface area contributed by atoms with E-state index in [2.05, 4.69) is 38.3 Å². The van der Waals surface area contributed by atoms with Gasteiger partial charge in [-0.05, 0) is 45.8 Å². The van der Waals surface area contributed by atoms with Crippen LogP contribution in [0.5, 0.6) is 0 Å². The van der Waals surface area contributed by atoms with E-state index in [1.165, 1.54) is 6.42 Å². The van der Waals surface area contributed by atoms with Crippen molar-refractivity contribution < 1.29 is 4.74 Å². The summed E-state index contributed by atoms with van der Waals surface area (Å²) in [6.45, 7) is 13.2. The molecule has 1 saturated heterocycles. The van der Waals surface area contributed by atoms with Gasteiger partial charge in [-0.25, -0.2) is 0 Å². The van der Waals surface area contributed by atoms with Crippen LogP contribution in [0.15, 0.2) is 0 Å². The zero-order chi connectivity index (χ0) is 12.0. The van der Waals surface area contributed by atoms with Crippen LogP contribution in [0.3, 0.4) is 0 Å². The summed E-state index contributed by atoms with van der Waals surface area (Å²) >= 11 is 0.